The molecule has 0 unspecified atom stereocenters. The molecule has 2 heteroatoms. The van der Waals surface area contributed by atoms with E-state index in [1.165, 1.54) is 0 Å². The molecule has 0 bridgehead atoms. The molecule has 1 saturated heterocycles. The van der Waals surface area contributed by atoms with Gasteiger partial charge in [0.1, 0.15) is 0 Å². The van der Waals surface area contributed by atoms with Crippen LogP contribution in [0.15, 0.2) is 30.3 Å². The fourth-order valence-electron chi connectivity index (χ4n) is 1.69. The lowest BCUT2D eigenvalue weighted by atomic mass is 10.1. The van der Waals surface area contributed by atoms with Crippen LogP contribution in [0.5, 0.6) is 0 Å². The summed E-state index contributed by atoms with van der Waals surface area (Å²) in [5.74, 6) is 0.262. The van der Waals surface area contributed by atoms with Crippen LogP contribution in [0.25, 0.3) is 0 Å². The van der Waals surface area contributed by atoms with Gasteiger partial charge in [-0.15, -0.1) is 0 Å². The van der Waals surface area contributed by atoms with Crippen molar-refractivity contribution in [1.29, 1.82) is 0 Å². The topological polar surface area (TPSA) is 20.3 Å². The zero-order valence-corrected chi connectivity index (χ0v) is 11.6. The molecular weight excluding hydrogens is 210 g/mol. The lowest BCUT2D eigenvalue weighted by molar-refractivity contribution is -0.119. The quantitative estimate of drug-likeness (QED) is 0.712. The van der Waals surface area contributed by atoms with E-state index >= 15 is 0 Å². The molecule has 1 heterocycles. The number of hydrogen-bond donors (Lipinski definition) is 0. The van der Waals surface area contributed by atoms with Gasteiger partial charge in [-0.25, -0.2) is 0 Å². The first kappa shape index (κ1) is 15.7. The maximum atomic E-state index is 11.5. The van der Waals surface area contributed by atoms with E-state index in [4.69, 9.17) is 0 Å². The van der Waals surface area contributed by atoms with E-state index < -0.39 is 0 Å². The third kappa shape index (κ3) is 5.03. The molecule has 0 spiro atoms. The number of para-hydroxylation sites is 1. The maximum absolute atomic E-state index is 11.5. The lowest BCUT2D eigenvalue weighted by Gasteiger charge is -2.26. The Balaban J connectivity index is 0.000000581. The summed E-state index contributed by atoms with van der Waals surface area (Å²) in [6.45, 7) is 8.88. The highest BCUT2D eigenvalue weighted by Crippen LogP contribution is 2.19. The third-order valence-corrected chi connectivity index (χ3v) is 2.39. The molecule has 0 atom stereocenters. The van der Waals surface area contributed by atoms with Gasteiger partial charge in [0.15, 0.2) is 0 Å². The van der Waals surface area contributed by atoms with E-state index in [2.05, 4.69) is 0 Å². The molecule has 1 aliphatic rings. The van der Waals surface area contributed by atoms with Crippen molar-refractivity contribution >= 4 is 11.6 Å². The number of hydrogen-bond acceptors (Lipinski definition) is 1. The number of amides is 1. The molecule has 2 nitrogen and oxygen atoms in total. The van der Waals surface area contributed by atoms with Crippen molar-refractivity contribution in [1.82, 2.24) is 0 Å². The van der Waals surface area contributed by atoms with Crippen molar-refractivity contribution in [3.05, 3.63) is 30.3 Å². The normalized spacial score (nSPS) is 14.1. The van der Waals surface area contributed by atoms with Crippen molar-refractivity contribution in [3.8, 4) is 0 Å². The van der Waals surface area contributed by atoms with Crippen molar-refractivity contribution < 1.29 is 4.79 Å². The zero-order valence-electron chi connectivity index (χ0n) is 11.6. The number of nitrogens with zero attached hydrogens (tertiary/aromatic N) is 1. The summed E-state index contributed by atoms with van der Waals surface area (Å²) in [6, 6.07) is 9.89. The molecule has 0 aromatic heterocycles. The highest BCUT2D eigenvalue weighted by Gasteiger charge is 2.18. The van der Waals surface area contributed by atoms with Gasteiger partial charge in [0.05, 0.1) is 0 Å². The second kappa shape index (κ2) is 9.88. The average Bonchev–Trinajstić information content (AvgIpc) is 2.45. The molecule has 0 radical (unpaired) electrons. The molecule has 17 heavy (non-hydrogen) atoms. The van der Waals surface area contributed by atoms with Crippen molar-refractivity contribution in [3.63, 3.8) is 0 Å². The van der Waals surface area contributed by atoms with Crippen LogP contribution in [0.4, 0.5) is 5.69 Å². The maximum Gasteiger partial charge on any atom is 0.226 e. The first-order chi connectivity index (χ1) is 8.38. The number of piperidine rings is 1. The molecule has 1 aromatic carbocycles. The van der Waals surface area contributed by atoms with E-state index in [0.717, 1.165) is 25.1 Å². The minimum Gasteiger partial charge on any atom is -0.312 e. The van der Waals surface area contributed by atoms with Gasteiger partial charge in [-0.05, 0) is 25.0 Å². The molecule has 1 aliphatic heterocycles. The van der Waals surface area contributed by atoms with Gasteiger partial charge < -0.3 is 4.90 Å². The smallest absolute Gasteiger partial charge is 0.226 e. The average molecular weight is 235 g/mol. The van der Waals surface area contributed by atoms with Gasteiger partial charge in [-0.3, -0.25) is 4.79 Å². The van der Waals surface area contributed by atoms with E-state index in [-0.39, 0.29) is 5.91 Å². The van der Waals surface area contributed by atoms with Crippen LogP contribution >= 0.6 is 0 Å². The standard InChI is InChI=1S/C11H13NO.2C2H6/c13-11-8-4-5-9-12(11)10-6-2-1-3-7-10;2*1-2/h1-3,6-7H,4-5,8-9H2;2*1-2H3. The molecule has 0 saturated carbocycles. The SMILES string of the molecule is CC.CC.O=C1CCCCN1c1ccccc1. The summed E-state index contributed by atoms with van der Waals surface area (Å²) in [6.07, 6.45) is 2.87. The van der Waals surface area contributed by atoms with Crippen molar-refractivity contribution in [2.75, 3.05) is 11.4 Å². The summed E-state index contributed by atoms with van der Waals surface area (Å²) in [5, 5.41) is 0. The van der Waals surface area contributed by atoms with Gasteiger partial charge in [0.2, 0.25) is 5.91 Å². The van der Waals surface area contributed by atoms with E-state index in [0.29, 0.717) is 6.42 Å². The van der Waals surface area contributed by atoms with E-state index in [1.807, 2.05) is 62.9 Å². The van der Waals surface area contributed by atoms with Crippen LogP contribution in [0, 0.1) is 0 Å². The summed E-state index contributed by atoms with van der Waals surface area (Å²) >= 11 is 0. The zero-order chi connectivity index (χ0) is 13.1. The van der Waals surface area contributed by atoms with Gasteiger partial charge in [-0.2, -0.15) is 0 Å². The van der Waals surface area contributed by atoms with Gasteiger partial charge in [0, 0.05) is 18.7 Å². The summed E-state index contributed by atoms with van der Waals surface area (Å²) in [5.41, 5.74) is 1.03. The highest BCUT2D eigenvalue weighted by atomic mass is 16.2. The van der Waals surface area contributed by atoms with Crippen molar-refractivity contribution in [2.45, 2.75) is 47.0 Å². The first-order valence-corrected chi connectivity index (χ1v) is 6.73. The largest absolute Gasteiger partial charge is 0.312 e. The summed E-state index contributed by atoms with van der Waals surface area (Å²) in [7, 11) is 0. The number of carbonyl (C=O) groups excluding carboxylic acids is 1. The lowest BCUT2D eigenvalue weighted by Crippen LogP contribution is -2.35. The molecule has 1 fully saturated rings. The Kier molecular flexibility index (Phi) is 9.12. The number of anilines is 1. The second-order valence-electron chi connectivity index (χ2n) is 3.34. The molecule has 0 aliphatic carbocycles. The molecule has 1 amide bonds. The fraction of sp³-hybridized carbons (Fsp3) is 0.533. The van der Waals surface area contributed by atoms with Crippen LogP contribution in [0.2, 0.25) is 0 Å². The Morgan fingerprint density at radius 1 is 0.941 bits per heavy atom. The number of benzene rings is 1. The molecule has 2 rings (SSSR count). The fourth-order valence-corrected chi connectivity index (χ4v) is 1.69. The molecular formula is C15H25NO. The minimum absolute atomic E-state index is 0.262. The first-order valence-electron chi connectivity index (χ1n) is 6.73. The summed E-state index contributed by atoms with van der Waals surface area (Å²) < 4.78 is 0. The van der Waals surface area contributed by atoms with Crippen LogP contribution in [-0.2, 0) is 4.79 Å². The van der Waals surface area contributed by atoms with Gasteiger partial charge in [0.25, 0.3) is 0 Å². The van der Waals surface area contributed by atoms with Crippen LogP contribution in [0.3, 0.4) is 0 Å². The third-order valence-electron chi connectivity index (χ3n) is 2.39. The molecule has 1 aromatic rings. The van der Waals surface area contributed by atoms with E-state index in [9.17, 15) is 4.79 Å². The second-order valence-corrected chi connectivity index (χ2v) is 3.34. The monoisotopic (exact) mass is 235 g/mol. The Labute approximate surface area is 106 Å². The molecule has 96 valence electrons. The Bertz CT molecular complexity index is 295. The predicted molar refractivity (Wildman–Crippen MR) is 75.3 cm³/mol. The summed E-state index contributed by atoms with van der Waals surface area (Å²) in [4.78, 5) is 13.4. The number of rotatable bonds is 1. The Hall–Kier alpha value is -1.31. The highest BCUT2D eigenvalue weighted by molar-refractivity contribution is 5.93. The minimum atomic E-state index is 0.262. The molecule has 0 N–H and O–H groups in total. The van der Waals surface area contributed by atoms with Crippen LogP contribution in [0.1, 0.15) is 47.0 Å². The predicted octanol–water partition coefficient (Wildman–Crippen LogP) is 4.26. The van der Waals surface area contributed by atoms with Crippen molar-refractivity contribution in [2.24, 2.45) is 0 Å². The van der Waals surface area contributed by atoms with Gasteiger partial charge in [-0.1, -0.05) is 45.9 Å². The van der Waals surface area contributed by atoms with Crippen LogP contribution < -0.4 is 4.90 Å². The number of carbonyl (C=O) groups is 1. The Morgan fingerprint density at radius 2 is 1.53 bits per heavy atom. The van der Waals surface area contributed by atoms with Gasteiger partial charge >= 0.3 is 0 Å². The van der Waals surface area contributed by atoms with E-state index in [1.54, 1.807) is 0 Å². The Morgan fingerprint density at radius 3 is 2.06 bits per heavy atom. The van der Waals surface area contributed by atoms with Crippen LogP contribution in [-0.4, -0.2) is 12.5 Å².